The number of hydrogen-bond acceptors (Lipinski definition) is 5. The first-order valence-corrected chi connectivity index (χ1v) is 10.8. The van der Waals surface area contributed by atoms with E-state index in [-0.39, 0.29) is 11.7 Å². The molecule has 1 amide bonds. The summed E-state index contributed by atoms with van der Waals surface area (Å²) < 4.78 is 13.2. The molecule has 0 radical (unpaired) electrons. The predicted molar refractivity (Wildman–Crippen MR) is 115 cm³/mol. The third kappa shape index (κ3) is 3.56. The van der Waals surface area contributed by atoms with E-state index in [1.807, 2.05) is 19.2 Å². The van der Waals surface area contributed by atoms with E-state index in [1.54, 1.807) is 28.8 Å². The number of rotatable bonds is 4. The van der Waals surface area contributed by atoms with Crippen LogP contribution in [0.5, 0.6) is 0 Å². The first-order chi connectivity index (χ1) is 13.6. The molecule has 144 valence electrons. The number of halogens is 1. The average Bonchev–Trinajstić information content (AvgIpc) is 3.19. The number of carbonyl (C=O) groups is 1. The second kappa shape index (κ2) is 8.01. The summed E-state index contributed by atoms with van der Waals surface area (Å²) in [5.74, 6) is -0.312. The lowest BCUT2D eigenvalue weighted by molar-refractivity contribution is -0.122. The van der Waals surface area contributed by atoms with Gasteiger partial charge in [-0.05, 0) is 54.6 Å². The quantitative estimate of drug-likeness (QED) is 0.611. The minimum absolute atomic E-state index is 0.0125. The van der Waals surface area contributed by atoms with Crippen molar-refractivity contribution in [1.82, 2.24) is 4.90 Å². The molecule has 0 atom stereocenters. The van der Waals surface area contributed by atoms with Gasteiger partial charge in [0.1, 0.15) is 10.7 Å². The molecule has 0 N–H and O–H groups in total. The smallest absolute Gasteiger partial charge is 0.269 e. The number of unbranched alkanes of at least 4 members (excludes halogenated alkanes) is 1. The highest BCUT2D eigenvalue weighted by molar-refractivity contribution is 8.19. The molecular weight excluding hydrogens is 393 g/mol. The number of thioether (sulfide) groups is 2. The van der Waals surface area contributed by atoms with E-state index in [9.17, 15) is 9.18 Å². The zero-order valence-electron chi connectivity index (χ0n) is 15.7. The van der Waals surface area contributed by atoms with Gasteiger partial charge in [-0.1, -0.05) is 37.2 Å². The number of fused-ring (bicyclic) bond motifs is 1. The minimum Gasteiger partial charge on any atom is -0.337 e. The lowest BCUT2D eigenvalue weighted by atomic mass is 10.3. The number of aliphatic imine (C=N–C) groups is 1. The molecule has 28 heavy (non-hydrogen) atoms. The van der Waals surface area contributed by atoms with Gasteiger partial charge in [0.15, 0.2) is 5.17 Å². The Kier molecular flexibility index (Phi) is 5.46. The van der Waals surface area contributed by atoms with Crippen LogP contribution >= 0.6 is 23.5 Å². The third-order valence-corrected chi connectivity index (χ3v) is 7.01. The molecule has 0 spiro atoms. The average molecular weight is 414 g/mol. The van der Waals surface area contributed by atoms with E-state index in [4.69, 9.17) is 0 Å². The summed E-state index contributed by atoms with van der Waals surface area (Å²) >= 11 is 3.01. The Bertz CT molecular complexity index is 972. The van der Waals surface area contributed by atoms with Crippen LogP contribution in [0.1, 0.15) is 19.8 Å². The standard InChI is InChI=1S/C21H20FN3OS2/c1-3-4-13-25-19(26)18(20-24(2)16-7-5-6-8-17(16)27-20)28-21(25)23-15-11-9-14(22)10-12-15/h5-12H,3-4,13H2,1-2H3. The summed E-state index contributed by atoms with van der Waals surface area (Å²) in [7, 11) is 1.99. The number of benzene rings is 2. The number of amidine groups is 1. The molecule has 0 bridgehead atoms. The summed E-state index contributed by atoms with van der Waals surface area (Å²) in [6.45, 7) is 2.72. The molecule has 4 rings (SSSR count). The molecule has 1 fully saturated rings. The molecule has 2 aromatic rings. The zero-order valence-corrected chi connectivity index (χ0v) is 17.3. The Morgan fingerprint density at radius 3 is 2.54 bits per heavy atom. The Balaban J connectivity index is 1.71. The van der Waals surface area contributed by atoms with Crippen molar-refractivity contribution in [1.29, 1.82) is 0 Å². The van der Waals surface area contributed by atoms with E-state index in [1.165, 1.54) is 23.9 Å². The van der Waals surface area contributed by atoms with Crippen molar-refractivity contribution in [3.05, 3.63) is 64.3 Å². The Morgan fingerprint density at radius 1 is 1.07 bits per heavy atom. The van der Waals surface area contributed by atoms with Crippen LogP contribution in [0.3, 0.4) is 0 Å². The molecule has 2 heterocycles. The van der Waals surface area contributed by atoms with Crippen molar-refractivity contribution in [3.8, 4) is 0 Å². The maximum atomic E-state index is 13.2. The van der Waals surface area contributed by atoms with Crippen molar-refractivity contribution in [2.45, 2.75) is 24.7 Å². The van der Waals surface area contributed by atoms with Crippen molar-refractivity contribution >= 4 is 46.0 Å². The van der Waals surface area contributed by atoms with Crippen molar-refractivity contribution in [2.24, 2.45) is 4.99 Å². The monoisotopic (exact) mass is 413 g/mol. The second-order valence-electron chi connectivity index (χ2n) is 6.55. The van der Waals surface area contributed by atoms with Crippen LogP contribution in [0.15, 0.2) is 68.4 Å². The first-order valence-electron chi connectivity index (χ1n) is 9.17. The van der Waals surface area contributed by atoms with E-state index in [0.717, 1.165) is 28.5 Å². The molecule has 4 nitrogen and oxygen atoms in total. The first kappa shape index (κ1) is 19.1. The molecule has 2 aliphatic rings. The largest absolute Gasteiger partial charge is 0.337 e. The summed E-state index contributed by atoms with van der Waals surface area (Å²) in [6, 6.07) is 14.2. The van der Waals surface area contributed by atoms with Gasteiger partial charge in [-0.3, -0.25) is 9.69 Å². The normalized spacial score (nSPS) is 20.4. The van der Waals surface area contributed by atoms with E-state index >= 15 is 0 Å². The molecule has 0 aromatic heterocycles. The molecular formula is C21H20FN3OS2. The van der Waals surface area contributed by atoms with E-state index in [2.05, 4.69) is 28.9 Å². The molecule has 1 saturated heterocycles. The Hall–Kier alpha value is -2.25. The second-order valence-corrected chi connectivity index (χ2v) is 8.55. The van der Waals surface area contributed by atoms with Crippen LogP contribution in [0.2, 0.25) is 0 Å². The highest BCUT2D eigenvalue weighted by Crippen LogP contribution is 2.49. The highest BCUT2D eigenvalue weighted by Gasteiger charge is 2.38. The topological polar surface area (TPSA) is 35.9 Å². The van der Waals surface area contributed by atoms with Crippen LogP contribution in [-0.4, -0.2) is 29.6 Å². The fourth-order valence-electron chi connectivity index (χ4n) is 3.06. The van der Waals surface area contributed by atoms with Crippen LogP contribution in [-0.2, 0) is 4.79 Å². The summed E-state index contributed by atoms with van der Waals surface area (Å²) in [5, 5.41) is 1.58. The molecule has 0 saturated carbocycles. The van der Waals surface area contributed by atoms with Crippen LogP contribution in [0.25, 0.3) is 0 Å². The lowest BCUT2D eigenvalue weighted by Crippen LogP contribution is -2.30. The van der Waals surface area contributed by atoms with Crippen LogP contribution < -0.4 is 4.90 Å². The Morgan fingerprint density at radius 2 is 1.82 bits per heavy atom. The lowest BCUT2D eigenvalue weighted by Gasteiger charge is -2.16. The van der Waals surface area contributed by atoms with Crippen molar-refractivity contribution in [2.75, 3.05) is 18.5 Å². The van der Waals surface area contributed by atoms with Gasteiger partial charge in [0.25, 0.3) is 5.91 Å². The number of para-hydroxylation sites is 1. The summed E-state index contributed by atoms with van der Waals surface area (Å²) in [4.78, 5) is 23.5. The molecule has 0 unspecified atom stereocenters. The predicted octanol–water partition coefficient (Wildman–Crippen LogP) is 5.60. The van der Waals surface area contributed by atoms with E-state index in [0.29, 0.717) is 22.3 Å². The molecule has 7 heteroatoms. The number of amides is 1. The van der Waals surface area contributed by atoms with E-state index < -0.39 is 0 Å². The number of anilines is 1. The van der Waals surface area contributed by atoms with Gasteiger partial charge in [0.2, 0.25) is 0 Å². The van der Waals surface area contributed by atoms with Gasteiger partial charge in [0, 0.05) is 18.5 Å². The fourth-order valence-corrected chi connectivity index (χ4v) is 5.43. The Labute approximate surface area is 172 Å². The van der Waals surface area contributed by atoms with Gasteiger partial charge in [-0.2, -0.15) is 0 Å². The fraction of sp³-hybridized carbons (Fsp3) is 0.238. The van der Waals surface area contributed by atoms with Gasteiger partial charge in [-0.25, -0.2) is 9.38 Å². The maximum Gasteiger partial charge on any atom is 0.269 e. The maximum absolute atomic E-state index is 13.2. The van der Waals surface area contributed by atoms with Crippen LogP contribution in [0, 0.1) is 5.82 Å². The van der Waals surface area contributed by atoms with Gasteiger partial charge in [-0.15, -0.1) is 0 Å². The molecule has 0 aliphatic carbocycles. The van der Waals surface area contributed by atoms with Gasteiger partial charge < -0.3 is 4.90 Å². The molecule has 2 aliphatic heterocycles. The minimum atomic E-state index is -0.300. The number of carbonyl (C=O) groups excluding carboxylic acids is 1. The summed E-state index contributed by atoms with van der Waals surface area (Å²) in [5.41, 5.74) is 1.74. The van der Waals surface area contributed by atoms with Crippen molar-refractivity contribution in [3.63, 3.8) is 0 Å². The summed E-state index contributed by atoms with van der Waals surface area (Å²) in [6.07, 6.45) is 1.89. The van der Waals surface area contributed by atoms with Gasteiger partial charge in [0.05, 0.1) is 16.4 Å². The van der Waals surface area contributed by atoms with Gasteiger partial charge >= 0.3 is 0 Å². The van der Waals surface area contributed by atoms with Crippen molar-refractivity contribution < 1.29 is 9.18 Å². The van der Waals surface area contributed by atoms with Crippen LogP contribution in [0.4, 0.5) is 15.8 Å². The highest BCUT2D eigenvalue weighted by atomic mass is 32.2. The third-order valence-electron chi connectivity index (χ3n) is 4.58. The molecule has 2 aromatic carbocycles. The SMILES string of the molecule is CCCCN1C(=O)C(=C2Sc3ccccc3N2C)SC1=Nc1ccc(F)cc1. The number of nitrogens with zero attached hydrogens (tertiary/aromatic N) is 3. The zero-order chi connectivity index (χ0) is 19.7. The number of hydrogen-bond donors (Lipinski definition) is 0.